The fraction of sp³-hybridized carbons (Fsp3) is 0.364. The van der Waals surface area contributed by atoms with Crippen LogP contribution in [0.15, 0.2) is 18.5 Å². The van der Waals surface area contributed by atoms with Gasteiger partial charge in [-0.2, -0.15) is 0 Å². The van der Waals surface area contributed by atoms with Crippen molar-refractivity contribution in [2.24, 2.45) is 5.73 Å². The molecule has 0 bridgehead atoms. The molecule has 92 valence electrons. The van der Waals surface area contributed by atoms with Crippen LogP contribution in [-0.4, -0.2) is 41.0 Å². The summed E-state index contributed by atoms with van der Waals surface area (Å²) in [5.41, 5.74) is 5.96. The van der Waals surface area contributed by atoms with Crippen LogP contribution in [0.3, 0.4) is 0 Å². The molecule has 1 atom stereocenters. The SMILES string of the molecule is COc1cnccc1C(=O)N(C)C(C)C(N)=S. The van der Waals surface area contributed by atoms with E-state index in [1.807, 2.05) is 0 Å². The van der Waals surface area contributed by atoms with Crippen molar-refractivity contribution >= 4 is 23.1 Å². The number of hydrogen-bond acceptors (Lipinski definition) is 4. The quantitative estimate of drug-likeness (QED) is 0.805. The van der Waals surface area contributed by atoms with Crippen molar-refractivity contribution in [1.82, 2.24) is 9.88 Å². The van der Waals surface area contributed by atoms with Gasteiger partial charge >= 0.3 is 0 Å². The Morgan fingerprint density at radius 1 is 1.65 bits per heavy atom. The van der Waals surface area contributed by atoms with Crippen LogP contribution in [0.5, 0.6) is 5.75 Å². The molecule has 0 aliphatic rings. The Bertz CT molecular complexity index is 436. The molecule has 0 aromatic carbocycles. The minimum atomic E-state index is -0.310. The number of hydrogen-bond donors (Lipinski definition) is 1. The molecular weight excluding hydrogens is 238 g/mol. The molecule has 1 rings (SSSR count). The highest BCUT2D eigenvalue weighted by atomic mass is 32.1. The zero-order valence-electron chi connectivity index (χ0n) is 10.0. The lowest BCUT2D eigenvalue weighted by Gasteiger charge is -2.24. The van der Waals surface area contributed by atoms with E-state index in [-0.39, 0.29) is 16.9 Å². The van der Waals surface area contributed by atoms with Gasteiger partial charge in [0.25, 0.3) is 5.91 Å². The van der Waals surface area contributed by atoms with Crippen LogP contribution < -0.4 is 10.5 Å². The molecule has 6 heteroatoms. The summed E-state index contributed by atoms with van der Waals surface area (Å²) in [7, 11) is 3.14. The number of thiocarbonyl (C=S) groups is 1. The van der Waals surface area contributed by atoms with Crippen LogP contribution in [0.1, 0.15) is 17.3 Å². The van der Waals surface area contributed by atoms with Crippen LogP contribution in [0, 0.1) is 0 Å². The molecule has 1 aromatic heterocycles. The summed E-state index contributed by atoms with van der Waals surface area (Å²) in [6, 6.07) is 1.29. The van der Waals surface area contributed by atoms with Gasteiger partial charge < -0.3 is 15.4 Å². The van der Waals surface area contributed by atoms with Crippen molar-refractivity contribution in [3.8, 4) is 5.75 Å². The summed E-state index contributed by atoms with van der Waals surface area (Å²) in [5, 5.41) is 0. The number of aromatic nitrogens is 1. The second-order valence-electron chi connectivity index (χ2n) is 3.57. The van der Waals surface area contributed by atoms with Crippen molar-refractivity contribution in [2.75, 3.05) is 14.2 Å². The smallest absolute Gasteiger partial charge is 0.258 e. The number of ether oxygens (including phenoxy) is 1. The molecule has 1 heterocycles. The van der Waals surface area contributed by atoms with E-state index in [0.29, 0.717) is 11.3 Å². The summed E-state index contributed by atoms with van der Waals surface area (Å²) in [4.78, 5) is 17.8. The van der Waals surface area contributed by atoms with Crippen LogP contribution in [0.4, 0.5) is 0 Å². The molecule has 1 unspecified atom stereocenters. The Morgan fingerprint density at radius 3 is 2.82 bits per heavy atom. The summed E-state index contributed by atoms with van der Waals surface area (Å²) in [6.45, 7) is 1.77. The first-order chi connectivity index (χ1) is 7.99. The molecule has 0 fully saturated rings. The fourth-order valence-corrected chi connectivity index (χ4v) is 1.43. The lowest BCUT2D eigenvalue weighted by atomic mass is 10.2. The van der Waals surface area contributed by atoms with Crippen LogP contribution in [-0.2, 0) is 0 Å². The van der Waals surface area contributed by atoms with E-state index < -0.39 is 0 Å². The molecular formula is C11H15N3O2S. The van der Waals surface area contributed by atoms with Gasteiger partial charge in [0, 0.05) is 13.2 Å². The zero-order valence-corrected chi connectivity index (χ0v) is 10.8. The van der Waals surface area contributed by atoms with Crippen LogP contribution in [0.2, 0.25) is 0 Å². The van der Waals surface area contributed by atoms with Gasteiger partial charge in [0.2, 0.25) is 0 Å². The molecule has 1 amide bonds. The molecule has 5 nitrogen and oxygen atoms in total. The third-order valence-corrected chi connectivity index (χ3v) is 2.89. The minimum Gasteiger partial charge on any atom is -0.494 e. The normalized spacial score (nSPS) is 11.7. The highest BCUT2D eigenvalue weighted by Crippen LogP contribution is 2.18. The van der Waals surface area contributed by atoms with Gasteiger partial charge in [-0.1, -0.05) is 12.2 Å². The molecule has 2 N–H and O–H groups in total. The Labute approximate surface area is 106 Å². The van der Waals surface area contributed by atoms with Gasteiger partial charge in [-0.15, -0.1) is 0 Å². The number of nitrogens with zero attached hydrogens (tertiary/aromatic N) is 2. The number of carbonyl (C=O) groups is 1. The summed E-state index contributed by atoms with van der Waals surface area (Å²) < 4.78 is 5.08. The predicted molar refractivity (Wildman–Crippen MR) is 69.1 cm³/mol. The van der Waals surface area contributed by atoms with Crippen LogP contribution >= 0.6 is 12.2 Å². The average molecular weight is 253 g/mol. The average Bonchev–Trinajstić information content (AvgIpc) is 2.35. The predicted octanol–water partition coefficient (Wildman–Crippen LogP) is 0.837. The molecule has 0 spiro atoms. The van der Waals surface area contributed by atoms with E-state index in [0.717, 1.165) is 0 Å². The Morgan fingerprint density at radius 2 is 2.29 bits per heavy atom. The van der Waals surface area contributed by atoms with E-state index in [2.05, 4.69) is 4.98 Å². The lowest BCUT2D eigenvalue weighted by molar-refractivity contribution is 0.0775. The van der Waals surface area contributed by atoms with E-state index in [1.165, 1.54) is 24.4 Å². The number of rotatable bonds is 4. The maximum absolute atomic E-state index is 12.2. The summed E-state index contributed by atoms with van der Waals surface area (Å²) in [6.07, 6.45) is 3.03. The van der Waals surface area contributed by atoms with E-state index in [4.69, 9.17) is 22.7 Å². The van der Waals surface area contributed by atoms with Crippen molar-refractivity contribution in [1.29, 1.82) is 0 Å². The largest absolute Gasteiger partial charge is 0.494 e. The van der Waals surface area contributed by atoms with Crippen molar-refractivity contribution in [2.45, 2.75) is 13.0 Å². The Hall–Kier alpha value is -1.69. The van der Waals surface area contributed by atoms with E-state index in [1.54, 1.807) is 20.0 Å². The van der Waals surface area contributed by atoms with Gasteiger partial charge in [0.05, 0.1) is 29.9 Å². The molecule has 0 aliphatic heterocycles. The third kappa shape index (κ3) is 2.91. The Kier molecular flexibility index (Phi) is 4.39. The monoisotopic (exact) mass is 253 g/mol. The number of nitrogens with two attached hydrogens (primary N) is 1. The van der Waals surface area contributed by atoms with Gasteiger partial charge in [-0.3, -0.25) is 9.78 Å². The van der Waals surface area contributed by atoms with Gasteiger partial charge in [-0.05, 0) is 13.0 Å². The first kappa shape index (κ1) is 13.4. The second kappa shape index (κ2) is 5.58. The molecule has 0 aliphatic carbocycles. The summed E-state index contributed by atoms with van der Waals surface area (Å²) in [5.74, 6) is 0.226. The first-order valence-electron chi connectivity index (χ1n) is 5.03. The fourth-order valence-electron chi connectivity index (χ4n) is 1.28. The first-order valence-corrected chi connectivity index (χ1v) is 5.44. The van der Waals surface area contributed by atoms with Crippen LogP contribution in [0.25, 0.3) is 0 Å². The number of amides is 1. The Balaban J connectivity index is 3.00. The standard InChI is InChI=1S/C11H15N3O2S/c1-7(10(12)17)14(2)11(15)8-4-5-13-6-9(8)16-3/h4-7H,1-3H3,(H2,12,17). The molecule has 0 saturated heterocycles. The van der Waals surface area contributed by atoms with E-state index in [9.17, 15) is 4.79 Å². The molecule has 1 aromatic rings. The molecule has 0 radical (unpaired) electrons. The highest BCUT2D eigenvalue weighted by molar-refractivity contribution is 7.80. The molecule has 0 saturated carbocycles. The lowest BCUT2D eigenvalue weighted by Crippen LogP contribution is -2.42. The van der Waals surface area contributed by atoms with Gasteiger partial charge in [0.15, 0.2) is 0 Å². The number of carbonyl (C=O) groups excluding carboxylic acids is 1. The number of pyridine rings is 1. The van der Waals surface area contributed by atoms with E-state index >= 15 is 0 Å². The van der Waals surface area contributed by atoms with Crippen molar-refractivity contribution in [3.05, 3.63) is 24.0 Å². The summed E-state index contributed by atoms with van der Waals surface area (Å²) >= 11 is 4.87. The number of methoxy groups -OCH3 is 1. The third-order valence-electron chi connectivity index (χ3n) is 2.55. The van der Waals surface area contributed by atoms with Crippen molar-refractivity contribution in [3.63, 3.8) is 0 Å². The number of likely N-dealkylation sites (N-methyl/N-ethyl adjacent to an activating group) is 1. The van der Waals surface area contributed by atoms with Crippen molar-refractivity contribution < 1.29 is 9.53 Å². The van der Waals surface area contributed by atoms with Gasteiger partial charge in [0.1, 0.15) is 5.75 Å². The highest BCUT2D eigenvalue weighted by Gasteiger charge is 2.21. The minimum absolute atomic E-state index is 0.204. The maximum atomic E-state index is 12.2. The molecule has 17 heavy (non-hydrogen) atoms. The van der Waals surface area contributed by atoms with Gasteiger partial charge in [-0.25, -0.2) is 0 Å². The topological polar surface area (TPSA) is 68.5 Å². The second-order valence-corrected chi connectivity index (χ2v) is 4.04. The maximum Gasteiger partial charge on any atom is 0.258 e. The zero-order chi connectivity index (χ0) is 13.0.